The van der Waals surface area contributed by atoms with Crippen molar-refractivity contribution in [1.82, 2.24) is 4.90 Å². The number of nitrogens with zero attached hydrogens (tertiary/aromatic N) is 1. The Morgan fingerprint density at radius 3 is 2.85 bits per heavy atom. The lowest BCUT2D eigenvalue weighted by atomic mass is 10.0. The number of β-amino-alcohol motifs (C(OH)–C–C–N with tert-alkyl or cyclic N) is 1. The molecule has 0 spiro atoms. The van der Waals surface area contributed by atoms with Crippen LogP contribution in [0.2, 0.25) is 0 Å². The second kappa shape index (κ2) is 8.66. The Morgan fingerprint density at radius 2 is 2.12 bits per heavy atom. The van der Waals surface area contributed by atoms with Gasteiger partial charge in [-0.15, -0.1) is 11.3 Å². The number of benzene rings is 1. The van der Waals surface area contributed by atoms with Crippen LogP contribution in [-0.4, -0.2) is 48.4 Å². The predicted molar refractivity (Wildman–Crippen MR) is 102 cm³/mol. The van der Waals surface area contributed by atoms with E-state index >= 15 is 0 Å². The van der Waals surface area contributed by atoms with E-state index in [0.717, 1.165) is 13.0 Å². The van der Waals surface area contributed by atoms with Crippen LogP contribution in [0, 0.1) is 0 Å². The van der Waals surface area contributed by atoms with Crippen LogP contribution in [0.1, 0.15) is 40.7 Å². The van der Waals surface area contributed by atoms with Crippen molar-refractivity contribution in [2.75, 3.05) is 26.3 Å². The van der Waals surface area contributed by atoms with Gasteiger partial charge in [-0.05, 0) is 61.5 Å². The molecule has 0 radical (unpaired) electrons. The molecule has 0 bridgehead atoms. The molecule has 26 heavy (non-hydrogen) atoms. The van der Waals surface area contributed by atoms with Crippen LogP contribution >= 0.6 is 11.3 Å². The maximum atomic E-state index is 11.6. The minimum absolute atomic E-state index is 0.221. The quantitative estimate of drug-likeness (QED) is 0.753. The molecule has 0 unspecified atom stereocenters. The number of aliphatic hydroxyl groups excluding tert-OH is 1. The maximum Gasteiger partial charge on any atom is 0.338 e. The Morgan fingerprint density at radius 1 is 1.35 bits per heavy atom. The minimum atomic E-state index is -0.567. The number of ether oxygens (including phenoxy) is 2. The fourth-order valence-electron chi connectivity index (χ4n) is 3.23. The zero-order valence-corrected chi connectivity index (χ0v) is 16.0. The van der Waals surface area contributed by atoms with Crippen LogP contribution < -0.4 is 4.74 Å². The summed E-state index contributed by atoms with van der Waals surface area (Å²) in [5.41, 5.74) is 1.87. The summed E-state index contributed by atoms with van der Waals surface area (Å²) >= 11 is 1.82. The molecular weight excluding hydrogens is 350 g/mol. The summed E-state index contributed by atoms with van der Waals surface area (Å²) in [6.07, 6.45) is 0.475. The molecule has 1 aromatic carbocycles. The number of thiophene rings is 1. The number of carbonyl (C=O) groups excluding carboxylic acids is 1. The van der Waals surface area contributed by atoms with E-state index in [0.29, 0.717) is 30.5 Å². The smallest absolute Gasteiger partial charge is 0.338 e. The van der Waals surface area contributed by atoms with Crippen LogP contribution in [0.4, 0.5) is 0 Å². The van der Waals surface area contributed by atoms with E-state index in [1.54, 1.807) is 31.2 Å². The lowest BCUT2D eigenvalue weighted by molar-refractivity contribution is 0.0514. The molecule has 0 aliphatic carbocycles. The number of fused-ring (bicyclic) bond motifs is 1. The first kappa shape index (κ1) is 18.9. The Balaban J connectivity index is 1.48. The zero-order valence-electron chi connectivity index (χ0n) is 15.2. The molecule has 140 valence electrons. The summed E-state index contributed by atoms with van der Waals surface area (Å²) in [6, 6.07) is 9.30. The van der Waals surface area contributed by atoms with Crippen molar-refractivity contribution in [2.45, 2.75) is 32.4 Å². The first-order valence-electron chi connectivity index (χ1n) is 8.96. The van der Waals surface area contributed by atoms with Crippen LogP contribution in [0.25, 0.3) is 0 Å². The molecule has 0 fully saturated rings. The summed E-state index contributed by atoms with van der Waals surface area (Å²) in [6.45, 7) is 6.08. The SMILES string of the molecule is CCOC(=O)c1ccc(OC[C@H](O)CN2CCc3sccc3[C@H]2C)cc1. The number of carbonyl (C=O) groups is 1. The molecule has 2 atom stereocenters. The highest BCUT2D eigenvalue weighted by atomic mass is 32.1. The standard InChI is InChI=1S/C20H25NO4S/c1-3-24-20(23)15-4-6-17(7-5-15)25-13-16(22)12-21-10-8-19-18(14(21)2)9-11-26-19/h4-7,9,11,14,16,22H,3,8,10,12-13H2,1-2H3/t14-,16-/m1/s1. The molecule has 1 N–H and O–H groups in total. The van der Waals surface area contributed by atoms with Gasteiger partial charge in [0.25, 0.3) is 0 Å². The molecular formula is C20H25NO4S. The molecule has 2 heterocycles. The molecule has 3 rings (SSSR count). The number of rotatable bonds is 7. The van der Waals surface area contributed by atoms with Gasteiger partial charge in [0.2, 0.25) is 0 Å². The van der Waals surface area contributed by atoms with Gasteiger partial charge >= 0.3 is 5.97 Å². The highest BCUT2D eigenvalue weighted by molar-refractivity contribution is 7.10. The van der Waals surface area contributed by atoms with E-state index in [1.807, 2.05) is 11.3 Å². The van der Waals surface area contributed by atoms with E-state index in [1.165, 1.54) is 10.4 Å². The van der Waals surface area contributed by atoms with Gasteiger partial charge in [-0.25, -0.2) is 4.79 Å². The summed E-state index contributed by atoms with van der Waals surface area (Å²) in [4.78, 5) is 15.4. The lowest BCUT2D eigenvalue weighted by Gasteiger charge is -2.34. The van der Waals surface area contributed by atoms with Gasteiger partial charge in [0.1, 0.15) is 18.5 Å². The average molecular weight is 375 g/mol. The Bertz CT molecular complexity index is 728. The Kier molecular flexibility index (Phi) is 6.29. The highest BCUT2D eigenvalue weighted by Gasteiger charge is 2.26. The fourth-order valence-corrected chi connectivity index (χ4v) is 4.19. The minimum Gasteiger partial charge on any atom is -0.491 e. The molecule has 1 aliphatic rings. The van der Waals surface area contributed by atoms with Crippen molar-refractivity contribution in [3.05, 3.63) is 51.7 Å². The first-order chi connectivity index (χ1) is 12.6. The van der Waals surface area contributed by atoms with Gasteiger partial charge in [-0.3, -0.25) is 4.90 Å². The van der Waals surface area contributed by atoms with E-state index in [2.05, 4.69) is 23.3 Å². The van der Waals surface area contributed by atoms with Gasteiger partial charge in [-0.2, -0.15) is 0 Å². The Labute approximate surface area is 158 Å². The predicted octanol–water partition coefficient (Wildman–Crippen LogP) is 3.28. The molecule has 1 aromatic heterocycles. The van der Waals surface area contributed by atoms with Gasteiger partial charge in [0.15, 0.2) is 0 Å². The van der Waals surface area contributed by atoms with E-state index in [9.17, 15) is 9.90 Å². The van der Waals surface area contributed by atoms with Gasteiger partial charge in [0.05, 0.1) is 12.2 Å². The third kappa shape index (κ3) is 4.44. The molecule has 0 amide bonds. The van der Waals surface area contributed by atoms with Crippen molar-refractivity contribution in [3.63, 3.8) is 0 Å². The first-order valence-corrected chi connectivity index (χ1v) is 9.84. The van der Waals surface area contributed by atoms with Crippen molar-refractivity contribution in [2.24, 2.45) is 0 Å². The summed E-state index contributed by atoms with van der Waals surface area (Å²) in [5.74, 6) is 0.287. The van der Waals surface area contributed by atoms with Crippen molar-refractivity contribution >= 4 is 17.3 Å². The third-order valence-electron chi connectivity index (χ3n) is 4.66. The van der Waals surface area contributed by atoms with Gasteiger partial charge in [0, 0.05) is 24.0 Å². The second-order valence-corrected chi connectivity index (χ2v) is 7.43. The molecule has 6 heteroatoms. The van der Waals surface area contributed by atoms with Crippen LogP contribution in [0.3, 0.4) is 0 Å². The monoisotopic (exact) mass is 375 g/mol. The lowest BCUT2D eigenvalue weighted by Crippen LogP contribution is -2.40. The van der Waals surface area contributed by atoms with Crippen LogP contribution in [0.5, 0.6) is 5.75 Å². The topological polar surface area (TPSA) is 59.0 Å². The van der Waals surface area contributed by atoms with Crippen LogP contribution in [-0.2, 0) is 11.2 Å². The number of aliphatic hydroxyl groups is 1. The number of esters is 1. The summed E-state index contributed by atoms with van der Waals surface area (Å²) in [7, 11) is 0. The van der Waals surface area contributed by atoms with Crippen molar-refractivity contribution < 1.29 is 19.4 Å². The Hall–Kier alpha value is -1.89. The molecule has 0 saturated carbocycles. The van der Waals surface area contributed by atoms with Crippen molar-refractivity contribution in [3.8, 4) is 5.75 Å². The van der Waals surface area contributed by atoms with Gasteiger partial charge < -0.3 is 14.6 Å². The number of hydrogen-bond donors (Lipinski definition) is 1. The molecule has 5 nitrogen and oxygen atoms in total. The summed E-state index contributed by atoms with van der Waals surface area (Å²) < 4.78 is 10.6. The summed E-state index contributed by atoms with van der Waals surface area (Å²) in [5, 5.41) is 12.5. The number of hydrogen-bond acceptors (Lipinski definition) is 6. The second-order valence-electron chi connectivity index (χ2n) is 6.43. The zero-order chi connectivity index (χ0) is 18.5. The van der Waals surface area contributed by atoms with E-state index in [-0.39, 0.29) is 12.6 Å². The van der Waals surface area contributed by atoms with Crippen molar-refractivity contribution in [1.29, 1.82) is 0 Å². The van der Waals surface area contributed by atoms with E-state index < -0.39 is 6.10 Å². The molecule has 0 saturated heterocycles. The third-order valence-corrected chi connectivity index (χ3v) is 5.65. The molecule has 1 aliphatic heterocycles. The fraction of sp³-hybridized carbons (Fsp3) is 0.450. The maximum absolute atomic E-state index is 11.6. The largest absolute Gasteiger partial charge is 0.491 e. The highest BCUT2D eigenvalue weighted by Crippen LogP contribution is 2.32. The van der Waals surface area contributed by atoms with Crippen LogP contribution in [0.15, 0.2) is 35.7 Å². The average Bonchev–Trinajstić information content (AvgIpc) is 3.12. The van der Waals surface area contributed by atoms with E-state index in [4.69, 9.17) is 9.47 Å². The normalized spacial score (nSPS) is 18.2. The molecule has 2 aromatic rings. The van der Waals surface area contributed by atoms with Gasteiger partial charge in [-0.1, -0.05) is 0 Å².